The lowest BCUT2D eigenvalue weighted by Crippen LogP contribution is -2.31. The monoisotopic (exact) mass is 415 g/mol. The summed E-state index contributed by atoms with van der Waals surface area (Å²) in [6.45, 7) is 3.50. The Bertz CT molecular complexity index is 862. The smallest absolute Gasteiger partial charge is 0.308 e. The molecule has 0 radical (unpaired) electrons. The molecule has 6 nitrogen and oxygen atoms in total. The number of benzene rings is 2. The molecule has 0 bridgehead atoms. The predicted octanol–water partition coefficient (Wildman–Crippen LogP) is 4.00. The molecule has 0 unspecified atom stereocenters. The highest BCUT2D eigenvalue weighted by molar-refractivity contribution is 5.98. The highest BCUT2D eigenvalue weighted by atomic mass is 19.1. The van der Waals surface area contributed by atoms with Gasteiger partial charge in [0.1, 0.15) is 11.6 Å². The van der Waals surface area contributed by atoms with E-state index in [4.69, 9.17) is 9.47 Å². The molecule has 0 aliphatic heterocycles. The number of nitrogens with one attached hydrogen (secondary N) is 1. The van der Waals surface area contributed by atoms with Gasteiger partial charge >= 0.3 is 5.97 Å². The van der Waals surface area contributed by atoms with Crippen LogP contribution in [0.25, 0.3) is 0 Å². The Balaban J connectivity index is 2.02. The van der Waals surface area contributed by atoms with Crippen molar-refractivity contribution in [3.8, 4) is 5.75 Å². The number of ketones is 1. The van der Waals surface area contributed by atoms with Gasteiger partial charge < -0.3 is 14.8 Å². The Morgan fingerprint density at radius 1 is 0.967 bits per heavy atom. The molecule has 0 heterocycles. The van der Waals surface area contributed by atoms with Crippen molar-refractivity contribution in [1.29, 1.82) is 0 Å². The number of ether oxygens (including phenoxy) is 2. The van der Waals surface area contributed by atoms with Gasteiger partial charge in [-0.3, -0.25) is 14.4 Å². The number of methoxy groups -OCH3 is 1. The topological polar surface area (TPSA) is 81.7 Å². The van der Waals surface area contributed by atoms with Gasteiger partial charge in [0, 0.05) is 18.4 Å². The van der Waals surface area contributed by atoms with Crippen LogP contribution in [0.1, 0.15) is 55.1 Å². The molecule has 0 aliphatic carbocycles. The Hall–Kier alpha value is -3.22. The summed E-state index contributed by atoms with van der Waals surface area (Å²) in [5.41, 5.74) is 1.06. The molecule has 0 saturated heterocycles. The van der Waals surface area contributed by atoms with Gasteiger partial charge in [-0.2, -0.15) is 0 Å². The molecule has 1 amide bonds. The zero-order valence-corrected chi connectivity index (χ0v) is 17.3. The van der Waals surface area contributed by atoms with Crippen LogP contribution in [-0.4, -0.2) is 30.9 Å². The molecule has 0 saturated carbocycles. The van der Waals surface area contributed by atoms with E-state index in [2.05, 4.69) is 5.32 Å². The number of halogens is 1. The molecule has 0 spiro atoms. The molecule has 1 atom stereocenters. The highest BCUT2D eigenvalue weighted by Crippen LogP contribution is 2.21. The summed E-state index contributed by atoms with van der Waals surface area (Å²) in [4.78, 5) is 36.8. The van der Waals surface area contributed by atoms with Crippen LogP contribution in [0.4, 0.5) is 4.39 Å². The molecule has 0 aliphatic rings. The standard InChI is InChI=1S/C23H26FNO5/c1-15(2)30-23(28)14-20(16-6-10-19(29-3)11-7-16)25-22(27)13-12-21(26)17-4-8-18(24)9-5-17/h4-11,15,20H,12-14H2,1-3H3,(H,25,27)/t20-/m0/s1. The number of hydrogen-bond donors (Lipinski definition) is 1. The number of Topliss-reactive ketones (excluding diaryl/α,β-unsaturated/α-hetero) is 1. The number of carbonyl (C=O) groups excluding carboxylic acids is 3. The quantitative estimate of drug-likeness (QED) is 0.469. The fourth-order valence-electron chi connectivity index (χ4n) is 2.84. The Morgan fingerprint density at radius 3 is 2.17 bits per heavy atom. The molecular weight excluding hydrogens is 389 g/mol. The van der Waals surface area contributed by atoms with Crippen LogP contribution in [0, 0.1) is 5.82 Å². The van der Waals surface area contributed by atoms with E-state index in [9.17, 15) is 18.8 Å². The van der Waals surface area contributed by atoms with Crippen molar-refractivity contribution in [3.05, 3.63) is 65.5 Å². The maximum atomic E-state index is 13.0. The van der Waals surface area contributed by atoms with E-state index >= 15 is 0 Å². The average molecular weight is 415 g/mol. The van der Waals surface area contributed by atoms with Gasteiger partial charge in [-0.05, 0) is 55.8 Å². The van der Waals surface area contributed by atoms with Crippen LogP contribution in [0.15, 0.2) is 48.5 Å². The van der Waals surface area contributed by atoms with Gasteiger partial charge in [-0.25, -0.2) is 4.39 Å². The van der Waals surface area contributed by atoms with E-state index in [1.165, 1.54) is 24.3 Å². The van der Waals surface area contributed by atoms with Crippen molar-refractivity contribution < 1.29 is 28.2 Å². The average Bonchev–Trinajstić information content (AvgIpc) is 2.71. The third-order valence-electron chi connectivity index (χ3n) is 4.34. The van der Waals surface area contributed by atoms with Crippen LogP contribution < -0.4 is 10.1 Å². The molecular formula is C23H26FNO5. The Kier molecular flexibility index (Phi) is 8.53. The summed E-state index contributed by atoms with van der Waals surface area (Å²) in [6, 6.07) is 11.6. The van der Waals surface area contributed by atoms with Gasteiger partial charge in [-0.15, -0.1) is 0 Å². The van der Waals surface area contributed by atoms with Gasteiger partial charge in [0.2, 0.25) is 5.91 Å². The molecule has 2 aromatic carbocycles. The molecule has 0 fully saturated rings. The SMILES string of the molecule is COc1ccc([C@H](CC(=O)OC(C)C)NC(=O)CCC(=O)c2ccc(F)cc2)cc1. The second kappa shape index (κ2) is 11.1. The van der Waals surface area contributed by atoms with E-state index in [1.807, 2.05) is 0 Å². The molecule has 7 heteroatoms. The first-order valence-electron chi connectivity index (χ1n) is 9.70. The van der Waals surface area contributed by atoms with Crippen LogP contribution in [0.2, 0.25) is 0 Å². The number of hydrogen-bond acceptors (Lipinski definition) is 5. The zero-order valence-electron chi connectivity index (χ0n) is 17.3. The first kappa shape index (κ1) is 23.1. The third kappa shape index (κ3) is 7.31. The van der Waals surface area contributed by atoms with E-state index in [-0.39, 0.29) is 37.1 Å². The maximum absolute atomic E-state index is 13.0. The summed E-state index contributed by atoms with van der Waals surface area (Å²) >= 11 is 0. The van der Waals surface area contributed by atoms with Crippen molar-refractivity contribution in [2.24, 2.45) is 0 Å². The minimum absolute atomic E-state index is 0.0246. The molecule has 0 aromatic heterocycles. The number of amides is 1. The summed E-state index contributed by atoms with van der Waals surface area (Å²) in [5.74, 6) is -0.846. The van der Waals surface area contributed by atoms with Crippen molar-refractivity contribution in [2.45, 2.75) is 45.3 Å². The van der Waals surface area contributed by atoms with Crippen molar-refractivity contribution in [3.63, 3.8) is 0 Å². The van der Waals surface area contributed by atoms with Gasteiger partial charge in [0.25, 0.3) is 0 Å². The van der Waals surface area contributed by atoms with Crippen molar-refractivity contribution in [2.75, 3.05) is 7.11 Å². The molecule has 2 rings (SSSR count). The summed E-state index contributed by atoms with van der Waals surface area (Å²) < 4.78 is 23.3. The molecule has 2 aromatic rings. The fraction of sp³-hybridized carbons (Fsp3) is 0.348. The number of carbonyl (C=O) groups is 3. The molecule has 30 heavy (non-hydrogen) atoms. The zero-order chi connectivity index (χ0) is 22.1. The van der Waals surface area contributed by atoms with E-state index in [0.29, 0.717) is 11.3 Å². The lowest BCUT2D eigenvalue weighted by atomic mass is 10.0. The predicted molar refractivity (Wildman–Crippen MR) is 110 cm³/mol. The Labute approximate surface area is 175 Å². The van der Waals surface area contributed by atoms with Crippen LogP contribution >= 0.6 is 0 Å². The fourth-order valence-corrected chi connectivity index (χ4v) is 2.84. The van der Waals surface area contributed by atoms with E-state index in [1.54, 1.807) is 45.2 Å². The summed E-state index contributed by atoms with van der Waals surface area (Å²) in [7, 11) is 1.55. The number of rotatable bonds is 10. The lowest BCUT2D eigenvalue weighted by molar-refractivity contribution is -0.148. The van der Waals surface area contributed by atoms with Gasteiger partial charge in [-0.1, -0.05) is 12.1 Å². The van der Waals surface area contributed by atoms with Crippen LogP contribution in [-0.2, 0) is 14.3 Å². The highest BCUT2D eigenvalue weighted by Gasteiger charge is 2.21. The largest absolute Gasteiger partial charge is 0.497 e. The maximum Gasteiger partial charge on any atom is 0.308 e. The normalized spacial score (nSPS) is 11.6. The first-order chi connectivity index (χ1) is 14.3. The van der Waals surface area contributed by atoms with E-state index in [0.717, 1.165) is 5.56 Å². The second-order valence-corrected chi connectivity index (χ2v) is 7.07. The summed E-state index contributed by atoms with van der Waals surface area (Å²) in [6.07, 6.45) is -0.383. The second-order valence-electron chi connectivity index (χ2n) is 7.07. The molecule has 160 valence electrons. The Morgan fingerprint density at radius 2 is 1.60 bits per heavy atom. The third-order valence-corrected chi connectivity index (χ3v) is 4.34. The molecule has 1 N–H and O–H groups in total. The summed E-state index contributed by atoms with van der Waals surface area (Å²) in [5, 5.41) is 2.80. The first-order valence-corrected chi connectivity index (χ1v) is 9.70. The van der Waals surface area contributed by atoms with Crippen molar-refractivity contribution >= 4 is 17.7 Å². The minimum Gasteiger partial charge on any atom is -0.497 e. The number of esters is 1. The van der Waals surface area contributed by atoms with Crippen molar-refractivity contribution in [1.82, 2.24) is 5.32 Å². The lowest BCUT2D eigenvalue weighted by Gasteiger charge is -2.20. The van der Waals surface area contributed by atoms with Gasteiger partial charge in [0.15, 0.2) is 5.78 Å². The van der Waals surface area contributed by atoms with Crippen LogP contribution in [0.3, 0.4) is 0 Å². The minimum atomic E-state index is -0.601. The van der Waals surface area contributed by atoms with Crippen LogP contribution in [0.5, 0.6) is 5.75 Å². The van der Waals surface area contributed by atoms with Gasteiger partial charge in [0.05, 0.1) is 25.7 Å². The van der Waals surface area contributed by atoms with E-state index < -0.39 is 17.8 Å².